The molecule has 158 valence electrons. The van der Waals surface area contributed by atoms with Crippen molar-refractivity contribution in [2.24, 2.45) is 0 Å². The maximum atomic E-state index is 13.3. The van der Waals surface area contributed by atoms with E-state index in [1.165, 1.54) is 10.5 Å². The minimum absolute atomic E-state index is 0.103. The second kappa shape index (κ2) is 10.1. The van der Waals surface area contributed by atoms with Crippen molar-refractivity contribution in [3.05, 3.63) is 83.7 Å². The summed E-state index contributed by atoms with van der Waals surface area (Å²) in [5.74, 6) is 1.01. The van der Waals surface area contributed by atoms with Crippen molar-refractivity contribution in [3.63, 3.8) is 0 Å². The Morgan fingerprint density at radius 3 is 2.71 bits per heavy atom. The highest BCUT2D eigenvalue weighted by Gasteiger charge is 2.20. The minimum Gasteiger partial charge on any atom is -0.284 e. The fourth-order valence-electron chi connectivity index (χ4n) is 3.48. The standard InChI is InChI=1S/C25H25N3OS2/c1-18-14-19(2)24-22(15-18)31-25(27-24)28(17-20-8-6-12-26-16-20)23(29)11-7-13-30-21-9-4-3-5-10-21/h3-6,8-10,12,14-16H,7,11,13,17H2,1-2H3. The predicted octanol–water partition coefficient (Wildman–Crippen LogP) is 6.41. The summed E-state index contributed by atoms with van der Waals surface area (Å²) in [6, 6.07) is 18.5. The summed E-state index contributed by atoms with van der Waals surface area (Å²) in [4.78, 5) is 25.4. The van der Waals surface area contributed by atoms with E-state index in [9.17, 15) is 4.79 Å². The molecule has 0 bridgehead atoms. The summed E-state index contributed by atoms with van der Waals surface area (Å²) in [5.41, 5.74) is 4.34. The third-order valence-corrected chi connectivity index (χ3v) is 7.08. The highest BCUT2D eigenvalue weighted by atomic mass is 32.2. The second-order valence-corrected chi connectivity index (χ2v) is 9.71. The van der Waals surface area contributed by atoms with Crippen LogP contribution in [-0.2, 0) is 11.3 Å². The molecule has 0 aliphatic rings. The zero-order valence-corrected chi connectivity index (χ0v) is 19.4. The largest absolute Gasteiger partial charge is 0.284 e. The topological polar surface area (TPSA) is 46.1 Å². The number of aryl methyl sites for hydroxylation is 2. The Labute approximate surface area is 191 Å². The van der Waals surface area contributed by atoms with Crippen LogP contribution in [0.5, 0.6) is 0 Å². The monoisotopic (exact) mass is 447 g/mol. The van der Waals surface area contributed by atoms with E-state index in [2.05, 4.69) is 43.1 Å². The van der Waals surface area contributed by atoms with Crippen LogP contribution >= 0.6 is 23.1 Å². The molecule has 0 fully saturated rings. The van der Waals surface area contributed by atoms with E-state index in [0.717, 1.165) is 38.6 Å². The van der Waals surface area contributed by atoms with Crippen molar-refractivity contribution in [3.8, 4) is 0 Å². The van der Waals surface area contributed by atoms with Crippen LogP contribution in [0.2, 0.25) is 0 Å². The van der Waals surface area contributed by atoms with Crippen molar-refractivity contribution < 1.29 is 4.79 Å². The van der Waals surface area contributed by atoms with Gasteiger partial charge in [0, 0.05) is 23.7 Å². The number of carbonyl (C=O) groups excluding carboxylic acids is 1. The molecule has 0 saturated heterocycles. The predicted molar refractivity (Wildman–Crippen MR) is 131 cm³/mol. The van der Waals surface area contributed by atoms with Gasteiger partial charge in [-0.05, 0) is 67.0 Å². The van der Waals surface area contributed by atoms with Crippen molar-refractivity contribution in [2.75, 3.05) is 10.7 Å². The molecular weight excluding hydrogens is 422 g/mol. The summed E-state index contributed by atoms with van der Waals surface area (Å²) in [6.45, 7) is 4.65. The van der Waals surface area contributed by atoms with Crippen molar-refractivity contribution in [2.45, 2.75) is 38.1 Å². The van der Waals surface area contributed by atoms with Crippen LogP contribution in [0.25, 0.3) is 10.2 Å². The van der Waals surface area contributed by atoms with E-state index in [4.69, 9.17) is 4.98 Å². The van der Waals surface area contributed by atoms with E-state index in [1.54, 1.807) is 29.3 Å². The number of nitrogens with zero attached hydrogens (tertiary/aromatic N) is 3. The average Bonchev–Trinajstić information content (AvgIpc) is 3.20. The normalized spacial score (nSPS) is 11.0. The smallest absolute Gasteiger partial charge is 0.229 e. The molecule has 6 heteroatoms. The highest BCUT2D eigenvalue weighted by molar-refractivity contribution is 7.99. The number of amides is 1. The first kappa shape index (κ1) is 21.5. The van der Waals surface area contributed by atoms with E-state index in [0.29, 0.717) is 13.0 Å². The Bertz CT molecular complexity index is 1160. The molecule has 4 nitrogen and oxygen atoms in total. The maximum absolute atomic E-state index is 13.3. The molecule has 0 radical (unpaired) electrons. The Morgan fingerprint density at radius 2 is 1.94 bits per heavy atom. The third-order valence-electron chi connectivity index (χ3n) is 4.96. The summed E-state index contributed by atoms with van der Waals surface area (Å²) in [6.07, 6.45) is 4.88. The quantitative estimate of drug-likeness (QED) is 0.231. The molecule has 0 unspecified atom stereocenters. The van der Waals surface area contributed by atoms with Gasteiger partial charge in [0.25, 0.3) is 0 Å². The molecule has 0 aliphatic carbocycles. The first-order valence-electron chi connectivity index (χ1n) is 10.3. The SMILES string of the molecule is Cc1cc(C)c2nc(N(Cc3cccnc3)C(=O)CCCSc3ccccc3)sc2c1. The minimum atomic E-state index is 0.103. The molecule has 2 aromatic heterocycles. The lowest BCUT2D eigenvalue weighted by Gasteiger charge is -2.20. The van der Waals surface area contributed by atoms with Crippen LogP contribution in [0.3, 0.4) is 0 Å². The molecule has 0 saturated carbocycles. The second-order valence-electron chi connectivity index (χ2n) is 7.53. The number of pyridine rings is 1. The number of thiazole rings is 1. The van der Waals surface area contributed by atoms with Gasteiger partial charge < -0.3 is 0 Å². The number of fused-ring (bicyclic) bond motifs is 1. The summed E-state index contributed by atoms with van der Waals surface area (Å²) >= 11 is 3.37. The van der Waals surface area contributed by atoms with Crippen LogP contribution in [0.15, 0.2) is 71.9 Å². The van der Waals surface area contributed by atoms with Crippen molar-refractivity contribution >= 4 is 44.4 Å². The zero-order valence-electron chi connectivity index (χ0n) is 17.7. The van der Waals surface area contributed by atoms with Gasteiger partial charge in [0.15, 0.2) is 5.13 Å². The maximum Gasteiger partial charge on any atom is 0.229 e. The van der Waals surface area contributed by atoms with Gasteiger partial charge in [0.2, 0.25) is 5.91 Å². The van der Waals surface area contributed by atoms with E-state index in [1.807, 2.05) is 41.4 Å². The molecule has 4 rings (SSSR count). The zero-order chi connectivity index (χ0) is 21.6. The number of aromatic nitrogens is 2. The molecule has 4 aromatic rings. The molecular formula is C25H25N3OS2. The number of rotatable bonds is 8. The van der Waals surface area contributed by atoms with E-state index >= 15 is 0 Å². The lowest BCUT2D eigenvalue weighted by Crippen LogP contribution is -2.30. The lowest BCUT2D eigenvalue weighted by molar-refractivity contribution is -0.118. The number of hydrogen-bond donors (Lipinski definition) is 0. The van der Waals surface area contributed by atoms with E-state index < -0.39 is 0 Å². The summed E-state index contributed by atoms with van der Waals surface area (Å²) in [7, 11) is 0. The molecule has 0 atom stereocenters. The number of anilines is 1. The van der Waals surface area contributed by atoms with E-state index in [-0.39, 0.29) is 5.91 Å². The average molecular weight is 448 g/mol. The lowest BCUT2D eigenvalue weighted by atomic mass is 10.1. The molecule has 2 aromatic carbocycles. The molecule has 1 amide bonds. The fourth-order valence-corrected chi connectivity index (χ4v) is 5.51. The van der Waals surface area contributed by atoms with Crippen LogP contribution in [0.1, 0.15) is 29.5 Å². The van der Waals surface area contributed by atoms with Gasteiger partial charge in [-0.2, -0.15) is 0 Å². The Hall–Kier alpha value is -2.70. The summed E-state index contributed by atoms with van der Waals surface area (Å²) < 4.78 is 1.12. The molecule has 31 heavy (non-hydrogen) atoms. The first-order valence-corrected chi connectivity index (χ1v) is 12.2. The molecule has 2 heterocycles. The summed E-state index contributed by atoms with van der Waals surface area (Å²) in [5, 5.41) is 0.758. The van der Waals surface area contributed by atoms with Gasteiger partial charge in [-0.15, -0.1) is 11.8 Å². The Morgan fingerprint density at radius 1 is 1.10 bits per heavy atom. The van der Waals surface area contributed by atoms with Crippen molar-refractivity contribution in [1.82, 2.24) is 9.97 Å². The van der Waals surface area contributed by atoms with Gasteiger partial charge >= 0.3 is 0 Å². The van der Waals surface area contributed by atoms with Gasteiger partial charge in [0.05, 0.1) is 16.8 Å². The molecule has 0 aliphatic heterocycles. The van der Waals surface area contributed by atoms with Crippen LogP contribution < -0.4 is 4.90 Å². The van der Waals surface area contributed by atoms with Gasteiger partial charge in [0.1, 0.15) is 0 Å². The number of thioether (sulfide) groups is 1. The Kier molecular flexibility index (Phi) is 6.99. The number of hydrogen-bond acceptors (Lipinski definition) is 5. The van der Waals surface area contributed by atoms with Crippen LogP contribution in [0, 0.1) is 13.8 Å². The third kappa shape index (κ3) is 5.51. The molecule has 0 N–H and O–H groups in total. The van der Waals surface area contributed by atoms with Crippen molar-refractivity contribution in [1.29, 1.82) is 0 Å². The van der Waals surface area contributed by atoms with Crippen LogP contribution in [-0.4, -0.2) is 21.6 Å². The van der Waals surface area contributed by atoms with Gasteiger partial charge in [-0.3, -0.25) is 14.7 Å². The first-order chi connectivity index (χ1) is 15.1. The fraction of sp³-hybridized carbons (Fsp3) is 0.240. The van der Waals surface area contributed by atoms with Gasteiger partial charge in [-0.1, -0.05) is 41.7 Å². The van der Waals surface area contributed by atoms with Gasteiger partial charge in [-0.25, -0.2) is 4.98 Å². The Balaban J connectivity index is 1.51. The molecule has 0 spiro atoms. The number of carbonyl (C=O) groups is 1. The number of benzene rings is 2. The van der Waals surface area contributed by atoms with Crippen LogP contribution in [0.4, 0.5) is 5.13 Å². The highest BCUT2D eigenvalue weighted by Crippen LogP contribution is 2.33.